The van der Waals surface area contributed by atoms with Crippen molar-refractivity contribution in [3.63, 3.8) is 0 Å². The average molecular weight is 325 g/mol. The highest BCUT2D eigenvalue weighted by atomic mass is 28.3. The lowest BCUT2D eigenvalue weighted by molar-refractivity contribution is 0.492. The first-order valence-electron chi connectivity index (χ1n) is 9.69. The fourth-order valence-corrected chi connectivity index (χ4v) is 9.66. The summed E-state index contributed by atoms with van der Waals surface area (Å²) in [6.07, 6.45) is 18.8. The predicted molar refractivity (Wildman–Crippen MR) is 105 cm³/mol. The Labute approximate surface area is 143 Å². The van der Waals surface area contributed by atoms with Gasteiger partial charge in [-0.2, -0.15) is 0 Å². The van der Waals surface area contributed by atoms with E-state index in [0.717, 1.165) is 5.54 Å². The Balaban J connectivity index is 1.90. The van der Waals surface area contributed by atoms with Gasteiger partial charge in [0.05, 0.1) is 8.07 Å². The van der Waals surface area contributed by atoms with Crippen molar-refractivity contribution in [1.82, 2.24) is 0 Å². The molecule has 1 fully saturated rings. The van der Waals surface area contributed by atoms with Crippen molar-refractivity contribution in [1.29, 1.82) is 0 Å². The number of allylic oxidation sites excluding steroid dienone is 4. The molecule has 1 heteroatoms. The minimum absolute atomic E-state index is 0.708. The maximum atomic E-state index is 2.67. The second kappa shape index (κ2) is 7.66. The summed E-state index contributed by atoms with van der Waals surface area (Å²) >= 11 is 0. The van der Waals surface area contributed by atoms with Crippen LogP contribution >= 0.6 is 0 Å². The molecule has 1 aromatic carbocycles. The van der Waals surface area contributed by atoms with Crippen molar-refractivity contribution < 1.29 is 0 Å². The monoisotopic (exact) mass is 324 g/mol. The van der Waals surface area contributed by atoms with E-state index in [1.807, 2.05) is 0 Å². The Kier molecular flexibility index (Phi) is 5.58. The van der Waals surface area contributed by atoms with E-state index in [0.29, 0.717) is 5.54 Å². The fraction of sp³-hybridized carbons (Fsp3) is 0.545. The summed E-state index contributed by atoms with van der Waals surface area (Å²) in [4.78, 5) is 0. The van der Waals surface area contributed by atoms with Gasteiger partial charge in [0.25, 0.3) is 0 Å². The van der Waals surface area contributed by atoms with Crippen LogP contribution in [-0.4, -0.2) is 8.07 Å². The summed E-state index contributed by atoms with van der Waals surface area (Å²) in [5.74, 6) is 0. The van der Waals surface area contributed by atoms with Crippen molar-refractivity contribution in [3.05, 3.63) is 54.1 Å². The van der Waals surface area contributed by atoms with E-state index in [-0.39, 0.29) is 0 Å². The highest BCUT2D eigenvalue weighted by Gasteiger charge is 2.44. The molecule has 124 valence electrons. The normalized spacial score (nSPS) is 24.4. The van der Waals surface area contributed by atoms with Gasteiger partial charge in [0.2, 0.25) is 0 Å². The van der Waals surface area contributed by atoms with Gasteiger partial charge < -0.3 is 0 Å². The Morgan fingerprint density at radius 2 is 1.78 bits per heavy atom. The lowest BCUT2D eigenvalue weighted by Crippen LogP contribution is -2.52. The van der Waals surface area contributed by atoms with Gasteiger partial charge in [0, 0.05) is 0 Å². The van der Waals surface area contributed by atoms with Crippen LogP contribution < -0.4 is 5.19 Å². The van der Waals surface area contributed by atoms with Crippen LogP contribution in [0.4, 0.5) is 0 Å². The quantitative estimate of drug-likeness (QED) is 0.534. The summed E-state index contributed by atoms with van der Waals surface area (Å²) in [5.41, 5.74) is 3.26. The number of hydrogen-bond donors (Lipinski definition) is 0. The van der Waals surface area contributed by atoms with Crippen molar-refractivity contribution in [2.24, 2.45) is 0 Å². The first-order chi connectivity index (χ1) is 11.2. The summed E-state index contributed by atoms with van der Waals surface area (Å²) in [5, 5.41) is 1.68. The first kappa shape index (κ1) is 16.8. The zero-order chi connectivity index (χ0) is 16.1. The molecule has 0 nitrogen and oxygen atoms in total. The topological polar surface area (TPSA) is 0 Å². The van der Waals surface area contributed by atoms with Gasteiger partial charge in [-0.05, 0) is 23.9 Å². The largest absolute Gasteiger partial charge is 0.0972 e. The highest BCUT2D eigenvalue weighted by Crippen LogP contribution is 2.45. The number of unbranched alkanes of at least 4 members (excludes halogenated alkanes) is 1. The average Bonchev–Trinajstić information content (AvgIpc) is 3.10. The highest BCUT2D eigenvalue weighted by molar-refractivity contribution is 6.94. The molecule has 0 amide bonds. The van der Waals surface area contributed by atoms with E-state index in [2.05, 4.69) is 62.0 Å². The van der Waals surface area contributed by atoms with Gasteiger partial charge in [-0.25, -0.2) is 0 Å². The molecular formula is C22H32Si. The zero-order valence-corrected chi connectivity index (χ0v) is 15.9. The Hall–Kier alpha value is -1.08. The minimum atomic E-state index is -1.54. The van der Waals surface area contributed by atoms with Gasteiger partial charge >= 0.3 is 0 Å². The van der Waals surface area contributed by atoms with E-state index < -0.39 is 8.07 Å². The van der Waals surface area contributed by atoms with Gasteiger partial charge in [-0.3, -0.25) is 0 Å². The molecule has 0 spiro atoms. The Morgan fingerprint density at radius 3 is 2.48 bits per heavy atom. The van der Waals surface area contributed by atoms with E-state index in [4.69, 9.17) is 0 Å². The third-order valence-electron chi connectivity index (χ3n) is 6.27. The maximum Gasteiger partial charge on any atom is 0.0972 e. The number of rotatable bonds is 6. The van der Waals surface area contributed by atoms with E-state index in [1.165, 1.54) is 51.4 Å². The molecule has 0 N–H and O–H groups in total. The summed E-state index contributed by atoms with van der Waals surface area (Å²) < 4.78 is 0. The van der Waals surface area contributed by atoms with Gasteiger partial charge in [-0.1, -0.05) is 111 Å². The molecule has 0 bridgehead atoms. The SMILES string of the molecule is CCCCC1=CC([Si](C)(c2ccccc2)C2CCCCC2)C=C1. The van der Waals surface area contributed by atoms with Crippen LogP contribution in [-0.2, 0) is 0 Å². The number of hydrogen-bond acceptors (Lipinski definition) is 0. The summed E-state index contributed by atoms with van der Waals surface area (Å²) in [7, 11) is -1.54. The third-order valence-corrected chi connectivity index (χ3v) is 11.9. The molecule has 1 saturated carbocycles. The molecule has 2 unspecified atom stereocenters. The molecule has 0 aromatic heterocycles. The minimum Gasteiger partial charge on any atom is -0.0797 e. The van der Waals surface area contributed by atoms with Crippen LogP contribution in [0.2, 0.25) is 17.6 Å². The Morgan fingerprint density at radius 1 is 1.04 bits per heavy atom. The predicted octanol–water partition coefficient (Wildman–Crippen LogP) is 6.36. The molecule has 3 rings (SSSR count). The van der Waals surface area contributed by atoms with Gasteiger partial charge in [0.1, 0.15) is 0 Å². The van der Waals surface area contributed by atoms with Crippen molar-refractivity contribution >= 4 is 13.3 Å². The molecule has 1 aromatic rings. The van der Waals surface area contributed by atoms with Crippen molar-refractivity contribution in [2.45, 2.75) is 75.9 Å². The van der Waals surface area contributed by atoms with Crippen LogP contribution in [0.1, 0.15) is 58.3 Å². The molecule has 0 aliphatic heterocycles. The summed E-state index contributed by atoms with van der Waals surface area (Å²) in [6, 6.07) is 11.5. The molecule has 23 heavy (non-hydrogen) atoms. The fourth-order valence-electron chi connectivity index (χ4n) is 4.69. The van der Waals surface area contributed by atoms with E-state index in [1.54, 1.807) is 10.8 Å². The number of benzene rings is 1. The van der Waals surface area contributed by atoms with Crippen LogP contribution in [0.3, 0.4) is 0 Å². The maximum absolute atomic E-state index is 2.67. The lowest BCUT2D eigenvalue weighted by atomic mass is 10.0. The Bertz CT molecular complexity index is 551. The van der Waals surface area contributed by atoms with Crippen molar-refractivity contribution in [3.8, 4) is 0 Å². The van der Waals surface area contributed by atoms with Gasteiger partial charge in [0.15, 0.2) is 0 Å². The van der Waals surface area contributed by atoms with E-state index >= 15 is 0 Å². The first-order valence-corrected chi connectivity index (χ1v) is 12.3. The standard InChI is InChI=1S/C22H32Si/c1-3-4-11-19-16-17-22(18-19)23(2,20-12-7-5-8-13-20)21-14-9-6-10-15-21/h5,7-8,12-13,16-18,21-22H,3-4,6,9-11,14-15H2,1-2H3. The molecule has 0 heterocycles. The summed E-state index contributed by atoms with van der Waals surface area (Å²) in [6.45, 7) is 4.97. The molecule has 0 radical (unpaired) electrons. The second-order valence-electron chi connectivity index (χ2n) is 7.71. The van der Waals surface area contributed by atoms with Crippen LogP contribution in [0.25, 0.3) is 0 Å². The van der Waals surface area contributed by atoms with Crippen LogP contribution in [0, 0.1) is 0 Å². The van der Waals surface area contributed by atoms with Gasteiger partial charge in [-0.15, -0.1) is 0 Å². The van der Waals surface area contributed by atoms with Crippen molar-refractivity contribution in [2.75, 3.05) is 0 Å². The lowest BCUT2D eigenvalue weighted by Gasteiger charge is -2.42. The molecular weight excluding hydrogens is 292 g/mol. The molecule has 2 aliphatic rings. The second-order valence-corrected chi connectivity index (χ2v) is 12.3. The molecule has 2 aliphatic carbocycles. The van der Waals surface area contributed by atoms with Crippen LogP contribution in [0.15, 0.2) is 54.1 Å². The molecule has 2 atom stereocenters. The smallest absolute Gasteiger partial charge is 0.0797 e. The van der Waals surface area contributed by atoms with E-state index in [9.17, 15) is 0 Å². The molecule has 0 saturated heterocycles. The zero-order valence-electron chi connectivity index (χ0n) is 14.9. The van der Waals surface area contributed by atoms with Crippen LogP contribution in [0.5, 0.6) is 0 Å². The third kappa shape index (κ3) is 3.55.